The van der Waals surface area contributed by atoms with Gasteiger partial charge >= 0.3 is 5.97 Å². The van der Waals surface area contributed by atoms with Crippen LogP contribution in [-0.4, -0.2) is 30.9 Å². The van der Waals surface area contributed by atoms with Crippen LogP contribution >= 0.6 is 0 Å². The molecule has 0 aliphatic carbocycles. The first kappa shape index (κ1) is 18.2. The predicted octanol–water partition coefficient (Wildman–Crippen LogP) is 3.08. The molecule has 0 saturated carbocycles. The number of hydrogen-bond acceptors (Lipinski definition) is 5. The highest BCUT2D eigenvalue weighted by Gasteiger charge is 2.16. The fraction of sp³-hybridized carbons (Fsp3) is 0.211. The van der Waals surface area contributed by atoms with Crippen LogP contribution < -0.4 is 10.1 Å². The highest BCUT2D eigenvalue weighted by molar-refractivity contribution is 5.98. The lowest BCUT2D eigenvalue weighted by Crippen LogP contribution is -2.30. The Kier molecular flexibility index (Phi) is 5.89. The van der Waals surface area contributed by atoms with E-state index in [-0.39, 0.29) is 11.7 Å². The molecule has 1 N–H and O–H groups in total. The molecule has 0 aromatic heterocycles. The first-order valence-corrected chi connectivity index (χ1v) is 7.67. The number of benzene rings is 2. The minimum atomic E-state index is -0.759. The number of Topliss-reactive ketones (excluding diaryl/α,β-unsaturated/α-hetero) is 1. The molecule has 25 heavy (non-hydrogen) atoms. The van der Waals surface area contributed by atoms with Gasteiger partial charge in [-0.1, -0.05) is 12.1 Å². The average Bonchev–Trinajstić information content (AvgIpc) is 2.61. The van der Waals surface area contributed by atoms with Crippen molar-refractivity contribution in [3.63, 3.8) is 0 Å². The topological polar surface area (TPSA) is 81.7 Å². The number of anilines is 1. The summed E-state index contributed by atoms with van der Waals surface area (Å²) < 4.78 is 10.2. The number of nitrogens with one attached hydrogen (secondary N) is 1. The molecule has 130 valence electrons. The van der Waals surface area contributed by atoms with E-state index in [1.165, 1.54) is 14.0 Å². The number of methoxy groups -OCH3 is 1. The second-order valence-corrected chi connectivity index (χ2v) is 5.40. The van der Waals surface area contributed by atoms with Gasteiger partial charge in [-0.25, -0.2) is 4.79 Å². The summed E-state index contributed by atoms with van der Waals surface area (Å²) in [6, 6.07) is 13.0. The Morgan fingerprint density at radius 2 is 1.68 bits per heavy atom. The zero-order valence-electron chi connectivity index (χ0n) is 14.2. The van der Waals surface area contributed by atoms with Crippen LogP contribution in [0, 0.1) is 0 Å². The van der Waals surface area contributed by atoms with Crippen LogP contribution in [0.5, 0.6) is 5.75 Å². The van der Waals surface area contributed by atoms with Crippen molar-refractivity contribution in [3.8, 4) is 5.75 Å². The Bertz CT molecular complexity index is 783. The van der Waals surface area contributed by atoms with Crippen molar-refractivity contribution < 1.29 is 23.9 Å². The van der Waals surface area contributed by atoms with Crippen molar-refractivity contribution in [1.82, 2.24) is 0 Å². The van der Waals surface area contributed by atoms with E-state index >= 15 is 0 Å². The molecule has 0 aliphatic heterocycles. The molecule has 1 atom stereocenters. The number of hydrogen-bond donors (Lipinski definition) is 1. The van der Waals surface area contributed by atoms with Crippen LogP contribution in [0.25, 0.3) is 0 Å². The molecular formula is C19H19NO5. The predicted molar refractivity (Wildman–Crippen MR) is 92.9 cm³/mol. The van der Waals surface area contributed by atoms with Gasteiger partial charge in [-0.15, -0.1) is 0 Å². The largest absolute Gasteiger partial charge is 0.481 e. The molecule has 0 unspecified atom stereocenters. The minimum absolute atomic E-state index is 0.0777. The quantitative estimate of drug-likeness (QED) is 0.645. The van der Waals surface area contributed by atoms with E-state index in [1.54, 1.807) is 55.5 Å². The number of ether oxygens (including phenoxy) is 2. The van der Waals surface area contributed by atoms with Gasteiger partial charge in [0.15, 0.2) is 11.9 Å². The molecule has 2 aromatic carbocycles. The minimum Gasteiger partial charge on any atom is -0.481 e. The molecular weight excluding hydrogens is 322 g/mol. The first-order chi connectivity index (χ1) is 11.9. The summed E-state index contributed by atoms with van der Waals surface area (Å²) in [6.07, 6.45) is -0.759. The standard InChI is InChI=1S/C19H19NO5/c1-12(21)15-5-4-6-16(11-15)20-18(22)13(2)25-17-9-7-14(8-10-17)19(23)24-3/h4-11,13H,1-3H3,(H,20,22)/t13-/m1/s1. The Balaban J connectivity index is 1.99. The lowest BCUT2D eigenvalue weighted by molar-refractivity contribution is -0.122. The van der Waals surface area contributed by atoms with Gasteiger partial charge in [0.1, 0.15) is 5.75 Å². The molecule has 0 bridgehead atoms. The smallest absolute Gasteiger partial charge is 0.337 e. The summed E-state index contributed by atoms with van der Waals surface area (Å²) >= 11 is 0. The van der Waals surface area contributed by atoms with E-state index < -0.39 is 12.1 Å². The van der Waals surface area contributed by atoms with Crippen LogP contribution in [0.1, 0.15) is 34.6 Å². The molecule has 0 heterocycles. The van der Waals surface area contributed by atoms with Crippen molar-refractivity contribution in [2.75, 3.05) is 12.4 Å². The second-order valence-electron chi connectivity index (χ2n) is 5.40. The van der Waals surface area contributed by atoms with Crippen LogP contribution in [-0.2, 0) is 9.53 Å². The number of rotatable bonds is 6. The van der Waals surface area contributed by atoms with Crippen molar-refractivity contribution in [2.45, 2.75) is 20.0 Å². The van der Waals surface area contributed by atoms with Gasteiger partial charge in [0.05, 0.1) is 12.7 Å². The van der Waals surface area contributed by atoms with E-state index in [0.717, 1.165) is 0 Å². The summed E-state index contributed by atoms with van der Waals surface area (Å²) in [5.74, 6) is -0.417. The first-order valence-electron chi connectivity index (χ1n) is 7.67. The molecule has 2 aromatic rings. The highest BCUT2D eigenvalue weighted by atomic mass is 16.5. The van der Waals surface area contributed by atoms with E-state index in [0.29, 0.717) is 22.6 Å². The summed E-state index contributed by atoms with van der Waals surface area (Å²) in [7, 11) is 1.31. The number of amides is 1. The molecule has 6 nitrogen and oxygen atoms in total. The van der Waals surface area contributed by atoms with E-state index in [2.05, 4.69) is 10.1 Å². The Morgan fingerprint density at radius 3 is 2.28 bits per heavy atom. The monoisotopic (exact) mass is 341 g/mol. The van der Waals surface area contributed by atoms with Crippen LogP contribution in [0.3, 0.4) is 0 Å². The van der Waals surface area contributed by atoms with Crippen molar-refractivity contribution in [1.29, 1.82) is 0 Å². The fourth-order valence-corrected chi connectivity index (χ4v) is 2.10. The zero-order valence-corrected chi connectivity index (χ0v) is 14.2. The number of carbonyl (C=O) groups excluding carboxylic acids is 3. The van der Waals surface area contributed by atoms with Gasteiger partial charge in [0.2, 0.25) is 0 Å². The van der Waals surface area contributed by atoms with Gasteiger partial charge in [-0.3, -0.25) is 9.59 Å². The van der Waals surface area contributed by atoms with Gasteiger partial charge < -0.3 is 14.8 Å². The highest BCUT2D eigenvalue weighted by Crippen LogP contribution is 2.16. The lowest BCUT2D eigenvalue weighted by atomic mass is 10.1. The SMILES string of the molecule is COC(=O)c1ccc(O[C@H](C)C(=O)Nc2cccc(C(C)=O)c2)cc1. The second kappa shape index (κ2) is 8.10. The fourth-order valence-electron chi connectivity index (χ4n) is 2.10. The maximum atomic E-state index is 12.2. The van der Waals surface area contributed by atoms with Gasteiger partial charge in [-0.05, 0) is 50.2 Å². The molecule has 0 spiro atoms. The Morgan fingerprint density at radius 1 is 1.00 bits per heavy atom. The Hall–Kier alpha value is -3.15. The summed E-state index contributed by atoms with van der Waals surface area (Å²) in [6.45, 7) is 3.07. The van der Waals surface area contributed by atoms with E-state index in [1.807, 2.05) is 0 Å². The van der Waals surface area contributed by atoms with Gasteiger partial charge in [-0.2, -0.15) is 0 Å². The molecule has 6 heteroatoms. The zero-order chi connectivity index (χ0) is 18.4. The summed E-state index contributed by atoms with van der Waals surface area (Å²) in [5, 5.41) is 2.71. The van der Waals surface area contributed by atoms with Crippen LogP contribution in [0.15, 0.2) is 48.5 Å². The van der Waals surface area contributed by atoms with E-state index in [4.69, 9.17) is 4.74 Å². The molecule has 0 aliphatic rings. The van der Waals surface area contributed by atoms with Gasteiger partial charge in [0, 0.05) is 11.3 Å². The van der Waals surface area contributed by atoms with Crippen LogP contribution in [0.4, 0.5) is 5.69 Å². The third-order valence-corrected chi connectivity index (χ3v) is 3.49. The number of carbonyl (C=O) groups is 3. The molecule has 1 amide bonds. The lowest BCUT2D eigenvalue weighted by Gasteiger charge is -2.15. The third kappa shape index (κ3) is 4.91. The normalized spacial score (nSPS) is 11.3. The number of esters is 1. The van der Waals surface area contributed by atoms with Crippen LogP contribution in [0.2, 0.25) is 0 Å². The average molecular weight is 341 g/mol. The van der Waals surface area contributed by atoms with Crippen molar-refractivity contribution in [3.05, 3.63) is 59.7 Å². The molecule has 0 radical (unpaired) electrons. The summed E-state index contributed by atoms with van der Waals surface area (Å²) in [4.78, 5) is 35.0. The number of ketones is 1. The molecule has 2 rings (SSSR count). The maximum Gasteiger partial charge on any atom is 0.337 e. The summed E-state index contributed by atoms with van der Waals surface area (Å²) in [5.41, 5.74) is 1.44. The molecule has 0 fully saturated rings. The molecule has 0 saturated heterocycles. The van der Waals surface area contributed by atoms with E-state index in [9.17, 15) is 14.4 Å². The maximum absolute atomic E-state index is 12.2. The van der Waals surface area contributed by atoms with Gasteiger partial charge in [0.25, 0.3) is 5.91 Å². The third-order valence-electron chi connectivity index (χ3n) is 3.49. The Labute approximate surface area is 145 Å². The van der Waals surface area contributed by atoms with Crippen molar-refractivity contribution in [2.24, 2.45) is 0 Å². The van der Waals surface area contributed by atoms with Crippen molar-refractivity contribution >= 4 is 23.3 Å².